The van der Waals surface area contributed by atoms with E-state index < -0.39 is 0 Å². The molecule has 5 nitrogen and oxygen atoms in total. The number of anilines is 2. The van der Waals surface area contributed by atoms with Gasteiger partial charge in [-0.3, -0.25) is 4.90 Å². The summed E-state index contributed by atoms with van der Waals surface area (Å²) in [5.74, 6) is 0. The topological polar surface area (TPSA) is 38.8 Å². The molecule has 0 radical (unpaired) electrons. The van der Waals surface area contributed by atoms with Gasteiger partial charge in [0.05, 0.1) is 11.4 Å². The number of urea groups is 1. The normalized spacial score (nSPS) is 22.6. The molecule has 25 heavy (non-hydrogen) atoms. The molecule has 0 spiro atoms. The molecule has 2 aliphatic heterocycles. The Morgan fingerprint density at radius 3 is 2.28 bits per heavy atom. The lowest BCUT2D eigenvalue weighted by Gasteiger charge is -2.38. The zero-order valence-corrected chi connectivity index (χ0v) is 15.1. The Hall–Kier alpha value is -1.75. The lowest BCUT2D eigenvalue weighted by molar-refractivity contribution is 0.115. The summed E-state index contributed by atoms with van der Waals surface area (Å²) in [6, 6.07) is 9.04. The van der Waals surface area contributed by atoms with Gasteiger partial charge in [-0.05, 0) is 37.8 Å². The highest BCUT2D eigenvalue weighted by Gasteiger charge is 2.28. The Kier molecular flexibility index (Phi) is 5.11. The fraction of sp³-hybridized carbons (Fsp3) is 0.650. The number of hydrogen-bond acceptors (Lipinski definition) is 3. The van der Waals surface area contributed by atoms with E-state index in [9.17, 15) is 4.79 Å². The van der Waals surface area contributed by atoms with E-state index in [1.165, 1.54) is 38.5 Å². The lowest BCUT2D eigenvalue weighted by atomic mass is 10.2. The summed E-state index contributed by atoms with van der Waals surface area (Å²) in [6.45, 7) is 5.90. The molecule has 1 aromatic carbocycles. The van der Waals surface area contributed by atoms with Gasteiger partial charge in [0.2, 0.25) is 0 Å². The third kappa shape index (κ3) is 3.76. The summed E-state index contributed by atoms with van der Waals surface area (Å²) < 4.78 is 0. The van der Waals surface area contributed by atoms with Crippen LogP contribution in [0.2, 0.25) is 0 Å². The SMILES string of the molecule is O=C(Nc1ccccc1N1CCCC1)N1CCN(C2CCCC2)CC1. The van der Waals surface area contributed by atoms with Gasteiger partial charge in [-0.2, -0.15) is 0 Å². The van der Waals surface area contributed by atoms with E-state index in [0.29, 0.717) is 0 Å². The molecule has 1 saturated carbocycles. The van der Waals surface area contributed by atoms with Gasteiger partial charge >= 0.3 is 6.03 Å². The minimum atomic E-state index is 0.0534. The molecule has 136 valence electrons. The maximum absolute atomic E-state index is 12.7. The molecule has 0 aromatic heterocycles. The fourth-order valence-corrected chi connectivity index (χ4v) is 4.57. The third-order valence-corrected chi connectivity index (χ3v) is 6.03. The van der Waals surface area contributed by atoms with Crippen molar-refractivity contribution in [2.75, 3.05) is 49.5 Å². The van der Waals surface area contributed by atoms with Gasteiger partial charge in [-0.25, -0.2) is 4.79 Å². The first-order valence-corrected chi connectivity index (χ1v) is 9.95. The van der Waals surface area contributed by atoms with Crippen LogP contribution >= 0.6 is 0 Å². The van der Waals surface area contributed by atoms with Crippen molar-refractivity contribution < 1.29 is 4.79 Å². The van der Waals surface area contributed by atoms with E-state index in [1.807, 2.05) is 17.0 Å². The van der Waals surface area contributed by atoms with E-state index in [-0.39, 0.29) is 6.03 Å². The van der Waals surface area contributed by atoms with Gasteiger partial charge in [-0.1, -0.05) is 25.0 Å². The largest absolute Gasteiger partial charge is 0.370 e. The highest BCUT2D eigenvalue weighted by Crippen LogP contribution is 2.29. The van der Waals surface area contributed by atoms with Crippen LogP contribution < -0.4 is 10.2 Å². The average molecular weight is 342 g/mol. The highest BCUT2D eigenvalue weighted by molar-refractivity contribution is 5.93. The first-order valence-electron chi connectivity index (χ1n) is 9.95. The standard InChI is InChI=1S/C20H30N4O/c25-20(24-15-13-22(14-16-24)17-7-1-2-8-17)21-18-9-3-4-10-19(18)23-11-5-6-12-23/h3-4,9-10,17H,1-2,5-8,11-16H2,(H,21,25). The van der Waals surface area contributed by atoms with Crippen molar-refractivity contribution in [3.63, 3.8) is 0 Å². The molecule has 4 rings (SSSR count). The van der Waals surface area contributed by atoms with E-state index in [1.54, 1.807) is 0 Å². The molecule has 0 bridgehead atoms. The summed E-state index contributed by atoms with van der Waals surface area (Å²) in [7, 11) is 0. The molecular weight excluding hydrogens is 312 g/mol. The van der Waals surface area contributed by atoms with Crippen molar-refractivity contribution in [1.82, 2.24) is 9.80 Å². The molecule has 1 aliphatic carbocycles. The van der Waals surface area contributed by atoms with Crippen LogP contribution in [0, 0.1) is 0 Å². The molecule has 1 aromatic rings. The molecule has 3 fully saturated rings. The second kappa shape index (κ2) is 7.65. The maximum Gasteiger partial charge on any atom is 0.321 e. The number of carbonyl (C=O) groups excluding carboxylic acids is 1. The van der Waals surface area contributed by atoms with Crippen molar-refractivity contribution in [1.29, 1.82) is 0 Å². The van der Waals surface area contributed by atoms with Gasteiger partial charge in [0.25, 0.3) is 0 Å². The Bertz CT molecular complexity index is 585. The number of piperazine rings is 1. The van der Waals surface area contributed by atoms with Crippen LogP contribution in [0.25, 0.3) is 0 Å². The molecule has 1 N–H and O–H groups in total. The Labute approximate surface area is 151 Å². The third-order valence-electron chi connectivity index (χ3n) is 6.03. The lowest BCUT2D eigenvalue weighted by Crippen LogP contribution is -2.52. The van der Waals surface area contributed by atoms with Crippen molar-refractivity contribution in [3.8, 4) is 0 Å². The molecule has 5 heteroatoms. The fourth-order valence-electron chi connectivity index (χ4n) is 4.57. The van der Waals surface area contributed by atoms with E-state index in [0.717, 1.165) is 56.7 Å². The molecule has 3 aliphatic rings. The quantitative estimate of drug-likeness (QED) is 0.915. The summed E-state index contributed by atoms with van der Waals surface area (Å²) in [6.07, 6.45) is 7.92. The summed E-state index contributed by atoms with van der Waals surface area (Å²) in [4.78, 5) is 19.7. The van der Waals surface area contributed by atoms with E-state index in [4.69, 9.17) is 0 Å². The average Bonchev–Trinajstić information content (AvgIpc) is 3.36. The predicted octanol–water partition coefficient (Wildman–Crippen LogP) is 3.38. The van der Waals surface area contributed by atoms with Gasteiger partial charge in [-0.15, -0.1) is 0 Å². The van der Waals surface area contributed by atoms with Crippen LogP contribution in [0.3, 0.4) is 0 Å². The van der Waals surface area contributed by atoms with Crippen LogP contribution in [-0.2, 0) is 0 Å². The number of nitrogens with one attached hydrogen (secondary N) is 1. The van der Waals surface area contributed by atoms with Crippen LogP contribution in [0.5, 0.6) is 0 Å². The molecule has 2 heterocycles. The van der Waals surface area contributed by atoms with Crippen molar-refractivity contribution >= 4 is 17.4 Å². The van der Waals surface area contributed by atoms with Crippen molar-refractivity contribution in [2.24, 2.45) is 0 Å². The van der Waals surface area contributed by atoms with Gasteiger partial charge < -0.3 is 15.1 Å². The van der Waals surface area contributed by atoms with Crippen LogP contribution in [-0.4, -0.2) is 61.1 Å². The van der Waals surface area contributed by atoms with Crippen molar-refractivity contribution in [2.45, 2.75) is 44.6 Å². The van der Waals surface area contributed by atoms with Crippen LogP contribution in [0.15, 0.2) is 24.3 Å². The number of nitrogens with zero attached hydrogens (tertiary/aromatic N) is 3. The minimum Gasteiger partial charge on any atom is -0.370 e. The molecular formula is C20H30N4O. The number of amides is 2. The number of para-hydroxylation sites is 2. The summed E-state index contributed by atoms with van der Waals surface area (Å²) in [5.41, 5.74) is 2.12. The second-order valence-electron chi connectivity index (χ2n) is 7.60. The van der Waals surface area contributed by atoms with Crippen LogP contribution in [0.4, 0.5) is 16.2 Å². The van der Waals surface area contributed by atoms with Gasteiger partial charge in [0.15, 0.2) is 0 Å². The monoisotopic (exact) mass is 342 g/mol. The summed E-state index contributed by atoms with van der Waals surface area (Å²) in [5, 5.41) is 3.17. The second-order valence-corrected chi connectivity index (χ2v) is 7.60. The smallest absolute Gasteiger partial charge is 0.321 e. The number of benzene rings is 1. The Morgan fingerprint density at radius 1 is 0.880 bits per heavy atom. The first-order chi connectivity index (χ1) is 12.3. The predicted molar refractivity (Wildman–Crippen MR) is 102 cm³/mol. The Balaban J connectivity index is 1.35. The zero-order chi connectivity index (χ0) is 17.1. The summed E-state index contributed by atoms with van der Waals surface area (Å²) >= 11 is 0. The number of rotatable bonds is 3. The Morgan fingerprint density at radius 2 is 1.56 bits per heavy atom. The van der Waals surface area contributed by atoms with Crippen molar-refractivity contribution in [3.05, 3.63) is 24.3 Å². The number of carbonyl (C=O) groups is 1. The van der Waals surface area contributed by atoms with E-state index >= 15 is 0 Å². The van der Waals surface area contributed by atoms with Gasteiger partial charge in [0.1, 0.15) is 0 Å². The van der Waals surface area contributed by atoms with Gasteiger partial charge in [0, 0.05) is 45.3 Å². The molecule has 0 atom stereocenters. The highest BCUT2D eigenvalue weighted by atomic mass is 16.2. The van der Waals surface area contributed by atoms with Crippen LogP contribution in [0.1, 0.15) is 38.5 Å². The number of hydrogen-bond donors (Lipinski definition) is 1. The minimum absolute atomic E-state index is 0.0534. The first kappa shape index (κ1) is 16.7. The van der Waals surface area contributed by atoms with E-state index in [2.05, 4.69) is 27.2 Å². The molecule has 0 unspecified atom stereocenters. The zero-order valence-electron chi connectivity index (χ0n) is 15.1. The maximum atomic E-state index is 12.7. The molecule has 2 amide bonds. The molecule has 2 saturated heterocycles.